The molecule has 0 spiro atoms. The van der Waals surface area contributed by atoms with Crippen LogP contribution in [0.4, 0.5) is 0 Å². The fourth-order valence-corrected chi connectivity index (χ4v) is 5.18. The maximum atomic E-state index is 13.1. The van der Waals surface area contributed by atoms with E-state index in [9.17, 15) is 19.2 Å². The number of amides is 4. The van der Waals surface area contributed by atoms with E-state index >= 15 is 0 Å². The zero-order chi connectivity index (χ0) is 23.4. The number of piperazine rings is 2. The predicted molar refractivity (Wildman–Crippen MR) is 121 cm³/mol. The molecule has 2 heterocycles. The zero-order valence-corrected chi connectivity index (χ0v) is 20.2. The number of rotatable bonds is 4. The normalized spacial score (nSPS) is 24.8. The van der Waals surface area contributed by atoms with Gasteiger partial charge < -0.3 is 19.6 Å². The number of carbonyl (C=O) groups excluding carboxylic acids is 4. The van der Waals surface area contributed by atoms with Gasteiger partial charge in [0.25, 0.3) is 0 Å². The summed E-state index contributed by atoms with van der Waals surface area (Å²) in [5, 5.41) is 0. The molecule has 3 rings (SSSR count). The Labute approximate surface area is 192 Å². The molecule has 0 radical (unpaired) electrons. The van der Waals surface area contributed by atoms with Crippen molar-refractivity contribution >= 4 is 23.6 Å². The molecule has 3 aliphatic rings. The van der Waals surface area contributed by atoms with Gasteiger partial charge in [0.15, 0.2) is 0 Å². The summed E-state index contributed by atoms with van der Waals surface area (Å²) in [6.45, 7) is 12.3. The van der Waals surface area contributed by atoms with Gasteiger partial charge in [-0.25, -0.2) is 0 Å². The number of nitrogens with zero attached hydrogens (tertiary/aromatic N) is 4. The molecular weight excluding hydrogens is 408 g/mol. The van der Waals surface area contributed by atoms with Crippen LogP contribution in [0.3, 0.4) is 0 Å². The molecule has 2 unspecified atom stereocenters. The third-order valence-electron chi connectivity index (χ3n) is 7.17. The van der Waals surface area contributed by atoms with E-state index in [4.69, 9.17) is 0 Å². The lowest BCUT2D eigenvalue weighted by atomic mass is 9.79. The first kappa shape index (κ1) is 24.5. The Kier molecular flexibility index (Phi) is 8.17. The van der Waals surface area contributed by atoms with Crippen molar-refractivity contribution in [3.05, 3.63) is 0 Å². The van der Waals surface area contributed by atoms with Crippen LogP contribution in [0.2, 0.25) is 0 Å². The van der Waals surface area contributed by atoms with E-state index in [0.717, 1.165) is 19.3 Å². The Balaban J connectivity index is 1.49. The van der Waals surface area contributed by atoms with Crippen LogP contribution in [0, 0.1) is 23.7 Å². The first-order valence-corrected chi connectivity index (χ1v) is 12.3. The second-order valence-electron chi connectivity index (χ2n) is 10.2. The summed E-state index contributed by atoms with van der Waals surface area (Å²) in [4.78, 5) is 58.2. The smallest absolute Gasteiger partial charge is 0.225 e. The van der Waals surface area contributed by atoms with Crippen LogP contribution in [-0.4, -0.2) is 95.6 Å². The second-order valence-corrected chi connectivity index (χ2v) is 10.2. The average Bonchev–Trinajstić information content (AvgIpc) is 2.82. The monoisotopic (exact) mass is 448 g/mol. The maximum absolute atomic E-state index is 13.1. The summed E-state index contributed by atoms with van der Waals surface area (Å²) in [6.07, 6.45) is 3.19. The van der Waals surface area contributed by atoms with E-state index in [1.54, 1.807) is 0 Å². The van der Waals surface area contributed by atoms with Crippen LogP contribution in [0.15, 0.2) is 0 Å². The fraction of sp³-hybridized carbons (Fsp3) is 0.833. The molecule has 180 valence electrons. The van der Waals surface area contributed by atoms with Crippen molar-refractivity contribution in [2.24, 2.45) is 23.7 Å². The van der Waals surface area contributed by atoms with E-state index < -0.39 is 0 Å². The zero-order valence-electron chi connectivity index (χ0n) is 20.2. The van der Waals surface area contributed by atoms with Crippen LogP contribution in [-0.2, 0) is 19.2 Å². The number of carbonyl (C=O) groups is 4. The summed E-state index contributed by atoms with van der Waals surface area (Å²) in [6, 6.07) is 0. The third-order valence-corrected chi connectivity index (χ3v) is 7.17. The first-order chi connectivity index (χ1) is 15.2. The Morgan fingerprint density at radius 1 is 0.562 bits per heavy atom. The van der Waals surface area contributed by atoms with Gasteiger partial charge in [0.05, 0.1) is 0 Å². The second kappa shape index (κ2) is 10.7. The van der Waals surface area contributed by atoms with Gasteiger partial charge in [-0.2, -0.15) is 0 Å². The highest BCUT2D eigenvalue weighted by Gasteiger charge is 2.37. The summed E-state index contributed by atoms with van der Waals surface area (Å²) < 4.78 is 0. The molecule has 3 fully saturated rings. The van der Waals surface area contributed by atoms with E-state index in [-0.39, 0.29) is 47.3 Å². The molecule has 0 N–H and O–H groups in total. The van der Waals surface area contributed by atoms with Crippen molar-refractivity contribution in [1.29, 1.82) is 0 Å². The van der Waals surface area contributed by atoms with Gasteiger partial charge >= 0.3 is 0 Å². The number of hydrogen-bond acceptors (Lipinski definition) is 4. The Morgan fingerprint density at radius 3 is 1.19 bits per heavy atom. The highest BCUT2D eigenvalue weighted by atomic mass is 16.2. The molecule has 8 nitrogen and oxygen atoms in total. The molecule has 1 aliphatic carbocycles. The Bertz CT molecular complexity index is 649. The van der Waals surface area contributed by atoms with Crippen molar-refractivity contribution in [1.82, 2.24) is 19.6 Å². The van der Waals surface area contributed by atoms with Crippen LogP contribution < -0.4 is 0 Å². The SMILES string of the molecule is CC(C)C(=O)N1CCN(C(=O)C2CCCC(C(=O)N3CCN(C(=O)C(C)C)CC3)C2)CC1. The van der Waals surface area contributed by atoms with Gasteiger partial charge in [0, 0.05) is 76.0 Å². The van der Waals surface area contributed by atoms with Crippen LogP contribution >= 0.6 is 0 Å². The standard InChI is InChI=1S/C24H40N4O4/c1-17(2)21(29)25-8-12-27(13-9-25)23(31)19-6-5-7-20(16-19)24(32)28-14-10-26(11-15-28)22(30)18(3)4/h17-20H,5-16H2,1-4H3. The molecule has 32 heavy (non-hydrogen) atoms. The lowest BCUT2D eigenvalue weighted by Gasteiger charge is -2.40. The van der Waals surface area contributed by atoms with Crippen LogP contribution in [0.5, 0.6) is 0 Å². The van der Waals surface area contributed by atoms with Crippen molar-refractivity contribution in [2.45, 2.75) is 53.4 Å². The minimum atomic E-state index is -0.103. The Morgan fingerprint density at radius 2 is 0.875 bits per heavy atom. The van der Waals surface area contributed by atoms with Crippen molar-refractivity contribution < 1.29 is 19.2 Å². The lowest BCUT2D eigenvalue weighted by molar-refractivity contribution is -0.147. The number of hydrogen-bond donors (Lipinski definition) is 0. The Hall–Kier alpha value is -2.12. The summed E-state index contributed by atoms with van der Waals surface area (Å²) in [5.41, 5.74) is 0. The molecule has 1 saturated carbocycles. The van der Waals surface area contributed by atoms with Crippen molar-refractivity contribution in [3.63, 3.8) is 0 Å². The largest absolute Gasteiger partial charge is 0.339 e. The van der Waals surface area contributed by atoms with Gasteiger partial charge in [-0.15, -0.1) is 0 Å². The third kappa shape index (κ3) is 5.62. The van der Waals surface area contributed by atoms with Gasteiger partial charge in [-0.05, 0) is 19.3 Å². The molecule has 0 aromatic carbocycles. The van der Waals surface area contributed by atoms with Crippen molar-refractivity contribution in [2.75, 3.05) is 52.4 Å². The average molecular weight is 449 g/mol. The molecule has 2 saturated heterocycles. The fourth-order valence-electron chi connectivity index (χ4n) is 5.18. The van der Waals surface area contributed by atoms with Crippen LogP contribution in [0.1, 0.15) is 53.4 Å². The van der Waals surface area contributed by atoms with E-state index in [1.165, 1.54) is 0 Å². The first-order valence-electron chi connectivity index (χ1n) is 12.3. The maximum Gasteiger partial charge on any atom is 0.225 e. The molecule has 2 aliphatic heterocycles. The molecule has 4 amide bonds. The molecule has 0 aromatic rings. The van der Waals surface area contributed by atoms with Gasteiger partial charge in [0.2, 0.25) is 23.6 Å². The molecule has 0 bridgehead atoms. The highest BCUT2D eigenvalue weighted by Crippen LogP contribution is 2.32. The molecule has 0 aromatic heterocycles. The van der Waals surface area contributed by atoms with E-state index in [0.29, 0.717) is 58.8 Å². The van der Waals surface area contributed by atoms with Crippen LogP contribution in [0.25, 0.3) is 0 Å². The molecule has 8 heteroatoms. The molecular formula is C24H40N4O4. The molecule has 2 atom stereocenters. The quantitative estimate of drug-likeness (QED) is 0.652. The van der Waals surface area contributed by atoms with E-state index in [2.05, 4.69) is 0 Å². The summed E-state index contributed by atoms with van der Waals surface area (Å²) >= 11 is 0. The summed E-state index contributed by atoms with van der Waals surface area (Å²) in [5.74, 6) is 0.340. The van der Waals surface area contributed by atoms with Gasteiger partial charge in [-0.3, -0.25) is 19.2 Å². The predicted octanol–water partition coefficient (Wildman–Crippen LogP) is 1.45. The van der Waals surface area contributed by atoms with E-state index in [1.807, 2.05) is 47.3 Å². The van der Waals surface area contributed by atoms with Gasteiger partial charge in [0.1, 0.15) is 0 Å². The minimum Gasteiger partial charge on any atom is -0.339 e. The summed E-state index contributed by atoms with van der Waals surface area (Å²) in [7, 11) is 0. The van der Waals surface area contributed by atoms with Crippen molar-refractivity contribution in [3.8, 4) is 0 Å². The highest BCUT2D eigenvalue weighted by molar-refractivity contribution is 5.84. The van der Waals surface area contributed by atoms with Gasteiger partial charge in [-0.1, -0.05) is 34.1 Å². The minimum absolute atomic E-state index is 0.0206. The topological polar surface area (TPSA) is 81.2 Å². The lowest BCUT2D eigenvalue weighted by Crippen LogP contribution is -2.54.